The summed E-state index contributed by atoms with van der Waals surface area (Å²) in [5.41, 5.74) is 2.01. The molecule has 0 bridgehead atoms. The minimum absolute atomic E-state index is 0.0101. The molecule has 0 aliphatic heterocycles. The smallest absolute Gasteiger partial charge is 0.242 e. The summed E-state index contributed by atoms with van der Waals surface area (Å²) in [7, 11) is -2.10. The molecule has 0 fully saturated rings. The summed E-state index contributed by atoms with van der Waals surface area (Å²) in [4.78, 5) is 28.2. The van der Waals surface area contributed by atoms with E-state index in [1.54, 1.807) is 42.5 Å². The minimum Gasteiger partial charge on any atom is -0.357 e. The number of amides is 2. The number of anilines is 1. The molecule has 7 nitrogen and oxygen atoms in total. The Bertz CT molecular complexity index is 1400. The van der Waals surface area contributed by atoms with Gasteiger partial charge in [-0.1, -0.05) is 77.3 Å². The van der Waals surface area contributed by atoms with Gasteiger partial charge < -0.3 is 10.2 Å². The Kier molecular flexibility index (Phi) is 11.1. The number of halogens is 3. The molecule has 0 spiro atoms. The van der Waals surface area contributed by atoms with Gasteiger partial charge >= 0.3 is 0 Å². The van der Waals surface area contributed by atoms with Crippen LogP contribution in [0.25, 0.3) is 0 Å². The van der Waals surface area contributed by atoms with E-state index in [1.165, 1.54) is 16.3 Å². The lowest BCUT2D eigenvalue weighted by atomic mass is 10.0. The number of benzene rings is 3. The van der Waals surface area contributed by atoms with Crippen LogP contribution in [-0.2, 0) is 32.6 Å². The number of carbonyl (C=O) groups is 2. The number of sulfonamides is 1. The zero-order valence-electron chi connectivity index (χ0n) is 21.6. The predicted octanol–water partition coefficient (Wildman–Crippen LogP) is 5.58. The lowest BCUT2D eigenvalue weighted by Crippen LogP contribution is -2.49. The average molecular weight is 611 g/mol. The third-order valence-electron chi connectivity index (χ3n) is 6.10. The first kappa shape index (κ1) is 30.8. The van der Waals surface area contributed by atoms with Gasteiger partial charge in [-0.25, -0.2) is 8.42 Å². The lowest BCUT2D eigenvalue weighted by molar-refractivity contribution is -0.141. The molecule has 0 aliphatic rings. The summed E-state index contributed by atoms with van der Waals surface area (Å²) >= 11 is 18.4. The first-order valence-corrected chi connectivity index (χ1v) is 15.2. The molecule has 0 aliphatic carbocycles. The molecule has 2 amide bonds. The lowest BCUT2D eigenvalue weighted by Gasteiger charge is -2.31. The summed E-state index contributed by atoms with van der Waals surface area (Å²) in [5, 5.41) is 3.79. The Balaban J connectivity index is 1.86. The molecule has 1 atom stereocenters. The minimum atomic E-state index is -3.63. The molecule has 208 valence electrons. The van der Waals surface area contributed by atoms with E-state index in [-0.39, 0.29) is 37.7 Å². The summed E-state index contributed by atoms with van der Waals surface area (Å²) in [6.07, 6.45) is 1.64. The van der Waals surface area contributed by atoms with Gasteiger partial charge in [0, 0.05) is 38.0 Å². The number of carbonyl (C=O) groups excluding carboxylic acids is 2. The highest BCUT2D eigenvalue weighted by Gasteiger charge is 2.30. The van der Waals surface area contributed by atoms with E-state index in [4.69, 9.17) is 34.8 Å². The third kappa shape index (κ3) is 8.86. The Hall–Kier alpha value is -2.78. The van der Waals surface area contributed by atoms with Crippen molar-refractivity contribution in [1.29, 1.82) is 0 Å². The summed E-state index contributed by atoms with van der Waals surface area (Å²) in [6.45, 7) is 0.180. The molecule has 3 aromatic rings. The Morgan fingerprint density at radius 3 is 2.23 bits per heavy atom. The molecule has 0 saturated carbocycles. The molecule has 0 unspecified atom stereocenters. The Morgan fingerprint density at radius 1 is 0.897 bits per heavy atom. The maximum Gasteiger partial charge on any atom is 0.242 e. The fraction of sp³-hybridized carbons (Fsp3) is 0.286. The van der Waals surface area contributed by atoms with Crippen LogP contribution in [0.5, 0.6) is 0 Å². The fourth-order valence-corrected chi connectivity index (χ4v) is 5.65. The van der Waals surface area contributed by atoms with Crippen molar-refractivity contribution in [1.82, 2.24) is 10.2 Å². The van der Waals surface area contributed by atoms with E-state index in [0.29, 0.717) is 32.7 Å². The van der Waals surface area contributed by atoms with Crippen LogP contribution in [-0.4, -0.2) is 51.0 Å². The van der Waals surface area contributed by atoms with Crippen molar-refractivity contribution < 1.29 is 18.0 Å². The molecule has 0 heterocycles. The largest absolute Gasteiger partial charge is 0.357 e. The fourth-order valence-electron chi connectivity index (χ4n) is 4.19. The van der Waals surface area contributed by atoms with Crippen LogP contribution in [0.3, 0.4) is 0 Å². The summed E-state index contributed by atoms with van der Waals surface area (Å²) in [5.74, 6) is -0.617. The molecule has 3 aromatic carbocycles. The van der Waals surface area contributed by atoms with Crippen LogP contribution >= 0.6 is 34.8 Å². The van der Waals surface area contributed by atoms with Gasteiger partial charge in [-0.15, -0.1) is 0 Å². The Morgan fingerprint density at radius 2 is 1.62 bits per heavy atom. The Labute approximate surface area is 244 Å². The molecule has 3 rings (SSSR count). The van der Waals surface area contributed by atoms with Crippen molar-refractivity contribution >= 4 is 62.3 Å². The van der Waals surface area contributed by atoms with Crippen molar-refractivity contribution in [2.24, 2.45) is 0 Å². The van der Waals surface area contributed by atoms with E-state index in [1.807, 2.05) is 30.3 Å². The number of nitrogens with zero attached hydrogens (tertiary/aromatic N) is 2. The predicted molar refractivity (Wildman–Crippen MR) is 158 cm³/mol. The number of hydrogen-bond donors (Lipinski definition) is 1. The van der Waals surface area contributed by atoms with Gasteiger partial charge in [0.25, 0.3) is 0 Å². The van der Waals surface area contributed by atoms with Gasteiger partial charge in [-0.2, -0.15) is 0 Å². The quantitative estimate of drug-likeness (QED) is 0.290. The topological polar surface area (TPSA) is 86.8 Å². The number of rotatable bonds is 12. The second-order valence-electron chi connectivity index (χ2n) is 9.01. The molecule has 11 heteroatoms. The van der Waals surface area contributed by atoms with E-state index in [0.717, 1.165) is 11.8 Å². The monoisotopic (exact) mass is 609 g/mol. The highest BCUT2D eigenvalue weighted by Crippen LogP contribution is 2.25. The number of likely N-dealkylation sites (N-methyl/N-ethyl adjacent to an activating group) is 1. The van der Waals surface area contributed by atoms with Gasteiger partial charge in [-0.3, -0.25) is 13.9 Å². The maximum atomic E-state index is 13.7. The van der Waals surface area contributed by atoms with Gasteiger partial charge in [-0.05, 0) is 47.9 Å². The summed E-state index contributed by atoms with van der Waals surface area (Å²) in [6, 6.07) is 20.2. The highest BCUT2D eigenvalue weighted by molar-refractivity contribution is 7.92. The second kappa shape index (κ2) is 14.0. The average Bonchev–Trinajstić information content (AvgIpc) is 2.90. The molecule has 39 heavy (non-hydrogen) atoms. The van der Waals surface area contributed by atoms with Gasteiger partial charge in [0.1, 0.15) is 6.04 Å². The molecule has 0 saturated heterocycles. The number of nitrogens with one attached hydrogen (secondary N) is 1. The van der Waals surface area contributed by atoms with Crippen molar-refractivity contribution in [3.05, 3.63) is 99.0 Å². The molecular formula is C28H30Cl3N3O4S. The van der Waals surface area contributed by atoms with E-state index in [2.05, 4.69) is 5.32 Å². The first-order valence-electron chi connectivity index (χ1n) is 12.2. The van der Waals surface area contributed by atoms with Crippen molar-refractivity contribution in [3.8, 4) is 0 Å². The SMILES string of the molecule is CNC(=O)[C@H](Cc1ccccc1)N(Cc1ccc(Cl)c(Cl)c1)C(=O)CCCN(c1cccc(Cl)c1)S(C)(=O)=O. The molecular weight excluding hydrogens is 581 g/mol. The zero-order chi connectivity index (χ0) is 28.6. The summed E-state index contributed by atoms with van der Waals surface area (Å²) < 4.78 is 26.2. The normalized spacial score (nSPS) is 12.0. The zero-order valence-corrected chi connectivity index (χ0v) is 24.7. The number of hydrogen-bond acceptors (Lipinski definition) is 4. The van der Waals surface area contributed by atoms with Crippen LogP contribution in [0.15, 0.2) is 72.8 Å². The van der Waals surface area contributed by atoms with E-state index in [9.17, 15) is 18.0 Å². The van der Waals surface area contributed by atoms with Crippen LogP contribution < -0.4 is 9.62 Å². The van der Waals surface area contributed by atoms with E-state index >= 15 is 0 Å². The van der Waals surface area contributed by atoms with Gasteiger partial charge in [0.2, 0.25) is 21.8 Å². The standard InChI is InChI=1S/C28H30Cl3N3O4S/c1-32-28(36)26(17-20-8-4-3-5-9-20)33(19-21-13-14-24(30)25(31)16-21)27(35)12-7-15-34(39(2,37)38)23-11-6-10-22(29)18-23/h3-6,8-11,13-14,16,18,26H,7,12,15,17,19H2,1-2H3,(H,32,36)/t26-/m0/s1. The van der Waals surface area contributed by atoms with Crippen LogP contribution in [0.1, 0.15) is 24.0 Å². The van der Waals surface area contributed by atoms with Crippen LogP contribution in [0, 0.1) is 0 Å². The molecule has 1 N–H and O–H groups in total. The molecule has 0 aromatic heterocycles. The van der Waals surface area contributed by atoms with E-state index < -0.39 is 16.1 Å². The first-order chi connectivity index (χ1) is 18.5. The molecule has 0 radical (unpaired) electrons. The van der Waals surface area contributed by atoms with Gasteiger partial charge in [0.15, 0.2) is 0 Å². The van der Waals surface area contributed by atoms with Crippen LogP contribution in [0.4, 0.5) is 5.69 Å². The maximum absolute atomic E-state index is 13.7. The third-order valence-corrected chi connectivity index (χ3v) is 8.27. The van der Waals surface area contributed by atoms with Crippen molar-refractivity contribution in [3.63, 3.8) is 0 Å². The van der Waals surface area contributed by atoms with Crippen LogP contribution in [0.2, 0.25) is 15.1 Å². The highest BCUT2D eigenvalue weighted by atomic mass is 35.5. The van der Waals surface area contributed by atoms with Crippen molar-refractivity contribution in [2.75, 3.05) is 24.2 Å². The van der Waals surface area contributed by atoms with Gasteiger partial charge in [0.05, 0.1) is 22.0 Å². The second-order valence-corrected chi connectivity index (χ2v) is 12.2. The van der Waals surface area contributed by atoms with Crippen molar-refractivity contribution in [2.45, 2.75) is 31.8 Å².